The van der Waals surface area contributed by atoms with Crippen molar-refractivity contribution in [2.45, 2.75) is 37.6 Å². The van der Waals surface area contributed by atoms with E-state index in [0.717, 1.165) is 0 Å². The van der Waals surface area contributed by atoms with Crippen LogP contribution in [0.3, 0.4) is 0 Å². The number of fused-ring (bicyclic) bond motifs is 1. The molecule has 0 aliphatic carbocycles. The van der Waals surface area contributed by atoms with Crippen molar-refractivity contribution in [3.63, 3.8) is 0 Å². The van der Waals surface area contributed by atoms with Gasteiger partial charge in [-0.2, -0.15) is 0 Å². The first-order valence-corrected chi connectivity index (χ1v) is 9.46. The normalized spacial score (nSPS) is 26.6. The summed E-state index contributed by atoms with van der Waals surface area (Å²) in [6.07, 6.45) is -3.71. The minimum atomic E-state index is -1.46. The Morgan fingerprint density at radius 3 is 2.63 bits per heavy atom. The number of hydrogen-bond donors (Lipinski definition) is 5. The Bertz CT molecular complexity index is 1100. The van der Waals surface area contributed by atoms with Crippen LogP contribution in [0.15, 0.2) is 51.8 Å². The van der Waals surface area contributed by atoms with Gasteiger partial charge in [0.05, 0.1) is 17.9 Å². The summed E-state index contributed by atoms with van der Waals surface area (Å²) < 4.78 is 10.6. The van der Waals surface area contributed by atoms with Gasteiger partial charge in [-0.25, -0.2) is 4.79 Å². The lowest BCUT2D eigenvalue weighted by atomic mass is 9.96. The van der Waals surface area contributed by atoms with E-state index in [1.165, 1.54) is 0 Å². The summed E-state index contributed by atoms with van der Waals surface area (Å²) in [5, 5.41) is 43.2. The van der Waals surface area contributed by atoms with Crippen molar-refractivity contribution in [3.05, 3.63) is 58.6 Å². The molecule has 0 bridgehead atoms. The fourth-order valence-corrected chi connectivity index (χ4v) is 3.70. The van der Waals surface area contributed by atoms with Crippen LogP contribution >= 0.6 is 0 Å². The van der Waals surface area contributed by atoms with E-state index in [0.29, 0.717) is 33.5 Å². The maximum atomic E-state index is 12.6. The fourth-order valence-electron chi connectivity index (χ4n) is 3.70. The zero-order chi connectivity index (χ0) is 21.4. The fraction of sp³-hybridized carbons (Fsp3) is 0.333. The van der Waals surface area contributed by atoms with E-state index in [9.17, 15) is 25.2 Å². The largest absolute Gasteiger partial charge is 0.422 e. The maximum absolute atomic E-state index is 12.6. The predicted octanol–water partition coefficient (Wildman–Crippen LogP) is 0.375. The highest BCUT2D eigenvalue weighted by atomic mass is 16.6. The number of aliphatic hydroxyl groups is 4. The molecule has 1 aromatic carbocycles. The van der Waals surface area contributed by atoms with Gasteiger partial charge in [-0.05, 0) is 36.8 Å². The Balaban J connectivity index is 1.67. The van der Waals surface area contributed by atoms with Crippen LogP contribution in [0.25, 0.3) is 22.2 Å². The topological polar surface area (TPSA) is 145 Å². The number of ether oxygens (including phenoxy) is 1. The summed E-state index contributed by atoms with van der Waals surface area (Å²) in [5.74, 6) is 0. The van der Waals surface area contributed by atoms with E-state index in [4.69, 9.17) is 9.15 Å². The van der Waals surface area contributed by atoms with Crippen molar-refractivity contribution in [2.75, 3.05) is 11.9 Å². The summed E-state index contributed by atoms with van der Waals surface area (Å²) in [5.41, 5.74) is 1.85. The number of anilines is 1. The van der Waals surface area contributed by atoms with Crippen molar-refractivity contribution in [3.8, 4) is 11.3 Å². The molecule has 1 fully saturated rings. The maximum Gasteiger partial charge on any atom is 0.346 e. The molecule has 30 heavy (non-hydrogen) atoms. The smallest absolute Gasteiger partial charge is 0.346 e. The molecule has 1 aliphatic heterocycles. The van der Waals surface area contributed by atoms with E-state index >= 15 is 0 Å². The molecule has 5 N–H and O–H groups in total. The molecule has 3 unspecified atom stereocenters. The van der Waals surface area contributed by atoms with E-state index in [-0.39, 0.29) is 0 Å². The molecule has 1 saturated heterocycles. The van der Waals surface area contributed by atoms with E-state index in [1.54, 1.807) is 42.6 Å². The molecular formula is C21H22N2O7. The van der Waals surface area contributed by atoms with Crippen molar-refractivity contribution >= 4 is 16.7 Å². The van der Waals surface area contributed by atoms with Crippen LogP contribution in [-0.4, -0.2) is 62.7 Å². The second-order valence-corrected chi connectivity index (χ2v) is 7.21. The number of rotatable bonds is 4. The zero-order valence-corrected chi connectivity index (χ0v) is 16.1. The first-order chi connectivity index (χ1) is 14.4. The molecule has 3 heterocycles. The van der Waals surface area contributed by atoms with Crippen LogP contribution in [0, 0.1) is 6.92 Å². The number of hydrogen-bond acceptors (Lipinski definition) is 9. The van der Waals surface area contributed by atoms with E-state index in [2.05, 4.69) is 10.3 Å². The first kappa shape index (κ1) is 20.5. The third-order valence-electron chi connectivity index (χ3n) is 5.32. The number of aryl methyl sites for hydroxylation is 1. The molecule has 3 aromatic rings. The van der Waals surface area contributed by atoms with Crippen LogP contribution in [-0.2, 0) is 4.74 Å². The van der Waals surface area contributed by atoms with Gasteiger partial charge in [-0.15, -0.1) is 0 Å². The van der Waals surface area contributed by atoms with Crippen molar-refractivity contribution < 1.29 is 29.6 Å². The van der Waals surface area contributed by atoms with Gasteiger partial charge >= 0.3 is 5.63 Å². The molecule has 0 spiro atoms. The molecule has 5 atom stereocenters. The molecule has 158 valence electrons. The van der Waals surface area contributed by atoms with Gasteiger partial charge in [0, 0.05) is 23.3 Å². The van der Waals surface area contributed by atoms with Crippen LogP contribution < -0.4 is 10.9 Å². The molecule has 2 aromatic heterocycles. The number of aliphatic hydroxyl groups excluding tert-OH is 4. The van der Waals surface area contributed by atoms with Gasteiger partial charge in [0.1, 0.15) is 29.9 Å². The Morgan fingerprint density at radius 2 is 1.93 bits per heavy atom. The Labute approximate surface area is 171 Å². The summed E-state index contributed by atoms with van der Waals surface area (Å²) in [6.45, 7) is 1.27. The average molecular weight is 414 g/mol. The third-order valence-corrected chi connectivity index (χ3v) is 5.32. The van der Waals surface area contributed by atoms with Gasteiger partial charge in [-0.3, -0.25) is 4.98 Å². The number of pyridine rings is 1. The van der Waals surface area contributed by atoms with Crippen LogP contribution in [0.2, 0.25) is 0 Å². The van der Waals surface area contributed by atoms with Gasteiger partial charge in [-0.1, -0.05) is 6.07 Å². The van der Waals surface area contributed by atoms with Crippen LogP contribution in [0.1, 0.15) is 5.56 Å². The Hall–Kier alpha value is -2.82. The second-order valence-electron chi connectivity index (χ2n) is 7.21. The van der Waals surface area contributed by atoms with E-state index < -0.39 is 42.9 Å². The molecule has 0 radical (unpaired) electrons. The quantitative estimate of drug-likeness (QED) is 0.382. The lowest BCUT2D eigenvalue weighted by Gasteiger charge is -2.40. The van der Waals surface area contributed by atoms with Gasteiger partial charge in [0.25, 0.3) is 0 Å². The molecule has 9 heteroatoms. The molecule has 9 nitrogen and oxygen atoms in total. The molecule has 0 saturated carbocycles. The molecular weight excluding hydrogens is 392 g/mol. The summed E-state index contributed by atoms with van der Waals surface area (Å²) in [7, 11) is 0. The minimum Gasteiger partial charge on any atom is -0.422 e. The number of aromatic nitrogens is 1. The SMILES string of the molecule is Cc1c(-c2ccccn2)c(=O)oc2cc(N[C@@H]3C(O)OC(CO)[C@@H](O)C3O)ccc12. The first-order valence-electron chi connectivity index (χ1n) is 9.46. The minimum absolute atomic E-state index is 0.316. The monoisotopic (exact) mass is 414 g/mol. The van der Waals surface area contributed by atoms with Crippen LogP contribution in [0.5, 0.6) is 0 Å². The lowest BCUT2D eigenvalue weighted by Crippen LogP contribution is -2.61. The Kier molecular flexibility index (Phi) is 5.54. The lowest BCUT2D eigenvalue weighted by molar-refractivity contribution is -0.245. The second kappa shape index (κ2) is 8.13. The zero-order valence-electron chi connectivity index (χ0n) is 16.1. The highest BCUT2D eigenvalue weighted by molar-refractivity contribution is 5.88. The predicted molar refractivity (Wildman–Crippen MR) is 108 cm³/mol. The standard InChI is InChI=1S/C21H22N2O7/c1-10-12-6-5-11(23-17-19(26)18(25)15(9-24)30-21(17)28)8-14(12)29-20(27)16(10)13-4-2-3-7-22-13/h2-8,15,17-19,21,23-26,28H,9H2,1H3/t15?,17-,18+,19?,21?/m0/s1. The number of nitrogens with one attached hydrogen (secondary N) is 1. The summed E-state index contributed by atoms with van der Waals surface area (Å²) in [6, 6.07) is 9.24. The Morgan fingerprint density at radius 1 is 1.13 bits per heavy atom. The average Bonchev–Trinajstić information content (AvgIpc) is 2.74. The van der Waals surface area contributed by atoms with Crippen LogP contribution in [0.4, 0.5) is 5.69 Å². The summed E-state index contributed by atoms with van der Waals surface area (Å²) >= 11 is 0. The highest BCUT2D eigenvalue weighted by Crippen LogP contribution is 2.29. The highest BCUT2D eigenvalue weighted by Gasteiger charge is 2.43. The number of nitrogens with zero attached hydrogens (tertiary/aromatic N) is 1. The van der Waals surface area contributed by atoms with Crippen molar-refractivity contribution in [2.24, 2.45) is 0 Å². The van der Waals surface area contributed by atoms with Gasteiger partial charge in [0.2, 0.25) is 0 Å². The summed E-state index contributed by atoms with van der Waals surface area (Å²) in [4.78, 5) is 16.8. The molecule has 0 amide bonds. The van der Waals surface area contributed by atoms with Gasteiger partial charge in [0.15, 0.2) is 6.29 Å². The van der Waals surface area contributed by atoms with Crippen molar-refractivity contribution in [1.82, 2.24) is 4.98 Å². The third kappa shape index (κ3) is 3.57. The molecule has 4 rings (SSSR count). The van der Waals surface area contributed by atoms with Gasteiger partial charge < -0.3 is 34.9 Å². The molecule has 1 aliphatic rings. The van der Waals surface area contributed by atoms with E-state index in [1.807, 2.05) is 6.92 Å². The number of benzene rings is 1. The van der Waals surface area contributed by atoms with Crippen molar-refractivity contribution in [1.29, 1.82) is 0 Å².